The van der Waals surface area contributed by atoms with Crippen LogP contribution in [0.15, 0.2) is 11.5 Å². The van der Waals surface area contributed by atoms with Crippen LogP contribution in [0.4, 0.5) is 0 Å². The van der Waals surface area contributed by atoms with E-state index in [0.717, 1.165) is 18.8 Å². The second kappa shape index (κ2) is 6.06. The van der Waals surface area contributed by atoms with Gasteiger partial charge in [-0.25, -0.2) is 4.98 Å². The van der Waals surface area contributed by atoms with Crippen molar-refractivity contribution < 1.29 is 5.21 Å². The van der Waals surface area contributed by atoms with Crippen LogP contribution in [-0.4, -0.2) is 38.9 Å². The van der Waals surface area contributed by atoms with Crippen molar-refractivity contribution in [3.05, 3.63) is 12.2 Å². The molecule has 0 aliphatic rings. The van der Waals surface area contributed by atoms with Crippen molar-refractivity contribution in [3.8, 4) is 0 Å². The third-order valence-corrected chi connectivity index (χ3v) is 2.24. The van der Waals surface area contributed by atoms with Gasteiger partial charge in [0.15, 0.2) is 5.82 Å². The van der Waals surface area contributed by atoms with E-state index >= 15 is 0 Å². The van der Waals surface area contributed by atoms with E-state index in [4.69, 9.17) is 10.9 Å². The zero-order valence-electron chi connectivity index (χ0n) is 9.59. The first-order valence-corrected chi connectivity index (χ1v) is 5.16. The van der Waals surface area contributed by atoms with Crippen molar-refractivity contribution in [3.63, 3.8) is 0 Å². The van der Waals surface area contributed by atoms with Crippen molar-refractivity contribution in [2.45, 2.75) is 13.3 Å². The van der Waals surface area contributed by atoms with E-state index in [0.29, 0.717) is 6.54 Å². The number of nitrogens with one attached hydrogen (secondary N) is 1. The summed E-state index contributed by atoms with van der Waals surface area (Å²) in [5, 5.41) is 18.8. The van der Waals surface area contributed by atoms with Crippen LogP contribution in [0.5, 0.6) is 0 Å². The van der Waals surface area contributed by atoms with Crippen LogP contribution in [0.2, 0.25) is 0 Å². The number of nitrogens with zero attached hydrogens (tertiary/aromatic N) is 4. The first-order chi connectivity index (χ1) is 7.63. The molecule has 0 aliphatic carbocycles. The lowest BCUT2D eigenvalue weighted by Crippen LogP contribution is -2.32. The van der Waals surface area contributed by atoms with Gasteiger partial charge in [-0.15, -0.1) is 0 Å². The SMILES string of the molecule is CC(CNCCc1ncn(C)n1)C(N)=NO. The quantitative estimate of drug-likeness (QED) is 0.196. The number of hydrogen-bond donors (Lipinski definition) is 3. The predicted molar refractivity (Wildman–Crippen MR) is 60.1 cm³/mol. The first-order valence-electron chi connectivity index (χ1n) is 5.16. The molecule has 7 heteroatoms. The second-order valence-electron chi connectivity index (χ2n) is 3.71. The van der Waals surface area contributed by atoms with Gasteiger partial charge in [0.1, 0.15) is 12.2 Å². The maximum absolute atomic E-state index is 8.45. The van der Waals surface area contributed by atoms with Crippen LogP contribution in [-0.2, 0) is 13.5 Å². The summed E-state index contributed by atoms with van der Waals surface area (Å²) in [6.45, 7) is 3.33. The molecule has 0 radical (unpaired) electrons. The minimum absolute atomic E-state index is 0.0155. The van der Waals surface area contributed by atoms with E-state index in [1.165, 1.54) is 0 Å². The molecule has 7 nitrogen and oxygen atoms in total. The van der Waals surface area contributed by atoms with Gasteiger partial charge in [0.25, 0.3) is 0 Å². The highest BCUT2D eigenvalue weighted by molar-refractivity contribution is 5.82. The maximum atomic E-state index is 8.45. The molecule has 1 aromatic rings. The Morgan fingerprint density at radius 3 is 3.06 bits per heavy atom. The number of oxime groups is 1. The molecule has 0 aliphatic heterocycles. The minimum atomic E-state index is 0.0155. The molecule has 0 spiro atoms. The zero-order valence-corrected chi connectivity index (χ0v) is 9.59. The van der Waals surface area contributed by atoms with Crippen LogP contribution < -0.4 is 11.1 Å². The number of hydrogen-bond acceptors (Lipinski definition) is 5. The van der Waals surface area contributed by atoms with Gasteiger partial charge < -0.3 is 16.3 Å². The lowest BCUT2D eigenvalue weighted by atomic mass is 10.1. The van der Waals surface area contributed by atoms with Gasteiger partial charge in [-0.2, -0.15) is 5.10 Å². The Labute approximate surface area is 94.3 Å². The van der Waals surface area contributed by atoms with Gasteiger partial charge in [0, 0.05) is 32.5 Å². The molecule has 1 unspecified atom stereocenters. The number of rotatable bonds is 6. The summed E-state index contributed by atoms with van der Waals surface area (Å²) in [6, 6.07) is 0. The van der Waals surface area contributed by atoms with Crippen LogP contribution in [0.25, 0.3) is 0 Å². The van der Waals surface area contributed by atoms with Crippen LogP contribution in [0.1, 0.15) is 12.7 Å². The highest BCUT2D eigenvalue weighted by atomic mass is 16.4. The zero-order chi connectivity index (χ0) is 12.0. The molecule has 1 heterocycles. The normalized spacial score (nSPS) is 14.0. The molecule has 0 saturated carbocycles. The third kappa shape index (κ3) is 3.85. The Hall–Kier alpha value is -1.63. The van der Waals surface area contributed by atoms with Crippen molar-refractivity contribution in [2.75, 3.05) is 13.1 Å². The first kappa shape index (κ1) is 12.4. The highest BCUT2D eigenvalue weighted by Gasteiger charge is 2.06. The summed E-state index contributed by atoms with van der Waals surface area (Å²) in [6.07, 6.45) is 2.44. The Kier molecular flexibility index (Phi) is 4.71. The van der Waals surface area contributed by atoms with E-state index in [9.17, 15) is 0 Å². The van der Waals surface area contributed by atoms with Gasteiger partial charge in [-0.05, 0) is 0 Å². The summed E-state index contributed by atoms with van der Waals surface area (Å²) < 4.78 is 1.67. The molecule has 0 amide bonds. The van der Waals surface area contributed by atoms with Crippen molar-refractivity contribution in [2.24, 2.45) is 23.9 Å². The van der Waals surface area contributed by atoms with Crippen molar-refractivity contribution in [1.82, 2.24) is 20.1 Å². The molecule has 1 atom stereocenters. The smallest absolute Gasteiger partial charge is 0.151 e. The molecule has 0 fully saturated rings. The van der Waals surface area contributed by atoms with Crippen LogP contribution in [0.3, 0.4) is 0 Å². The highest BCUT2D eigenvalue weighted by Crippen LogP contribution is 1.93. The van der Waals surface area contributed by atoms with Gasteiger partial charge in [0.05, 0.1) is 0 Å². The predicted octanol–water partition coefficient (Wildman–Crippen LogP) is -0.670. The second-order valence-corrected chi connectivity index (χ2v) is 3.71. The summed E-state index contributed by atoms with van der Waals surface area (Å²) in [5.74, 6) is 1.07. The average molecular weight is 226 g/mol. The number of amidine groups is 1. The summed E-state index contributed by atoms with van der Waals surface area (Å²) in [7, 11) is 1.84. The molecular weight excluding hydrogens is 208 g/mol. The molecule has 0 bridgehead atoms. The van der Waals surface area contributed by atoms with Crippen molar-refractivity contribution >= 4 is 5.84 Å². The average Bonchev–Trinajstić information content (AvgIpc) is 2.69. The fourth-order valence-corrected chi connectivity index (χ4v) is 1.22. The van der Waals surface area contributed by atoms with E-state index in [1.807, 2.05) is 14.0 Å². The molecular formula is C9H18N6O. The molecule has 90 valence electrons. The van der Waals surface area contributed by atoms with Crippen LogP contribution >= 0.6 is 0 Å². The van der Waals surface area contributed by atoms with E-state index in [1.54, 1.807) is 11.0 Å². The van der Waals surface area contributed by atoms with E-state index in [2.05, 4.69) is 20.6 Å². The largest absolute Gasteiger partial charge is 0.409 e. The Balaban J connectivity index is 2.17. The topological polar surface area (TPSA) is 101 Å². The minimum Gasteiger partial charge on any atom is -0.409 e. The molecule has 1 rings (SSSR count). The summed E-state index contributed by atoms with van der Waals surface area (Å²) >= 11 is 0. The fraction of sp³-hybridized carbons (Fsp3) is 0.667. The molecule has 4 N–H and O–H groups in total. The molecule has 1 aromatic heterocycles. The third-order valence-electron chi connectivity index (χ3n) is 2.24. The van der Waals surface area contributed by atoms with Crippen LogP contribution in [0, 0.1) is 5.92 Å². The Morgan fingerprint density at radius 2 is 2.50 bits per heavy atom. The lowest BCUT2D eigenvalue weighted by Gasteiger charge is -2.09. The summed E-state index contributed by atoms with van der Waals surface area (Å²) in [5.41, 5.74) is 5.45. The maximum Gasteiger partial charge on any atom is 0.151 e. The summed E-state index contributed by atoms with van der Waals surface area (Å²) in [4.78, 5) is 4.11. The monoisotopic (exact) mass is 226 g/mol. The van der Waals surface area contributed by atoms with Gasteiger partial charge in [-0.3, -0.25) is 4.68 Å². The van der Waals surface area contributed by atoms with Crippen molar-refractivity contribution in [1.29, 1.82) is 0 Å². The Morgan fingerprint density at radius 1 is 1.75 bits per heavy atom. The fourth-order valence-electron chi connectivity index (χ4n) is 1.22. The molecule has 0 saturated heterocycles. The number of nitrogens with two attached hydrogens (primary N) is 1. The molecule has 16 heavy (non-hydrogen) atoms. The van der Waals surface area contributed by atoms with Gasteiger partial charge in [-0.1, -0.05) is 12.1 Å². The number of aryl methyl sites for hydroxylation is 1. The van der Waals surface area contributed by atoms with Gasteiger partial charge in [0.2, 0.25) is 0 Å². The number of aromatic nitrogens is 3. The van der Waals surface area contributed by atoms with E-state index in [-0.39, 0.29) is 11.8 Å². The molecule has 0 aromatic carbocycles. The van der Waals surface area contributed by atoms with E-state index < -0.39 is 0 Å². The Bertz CT molecular complexity index is 348. The standard InChI is InChI=1S/C9H18N6O/c1-7(9(10)14-16)5-11-4-3-8-12-6-15(2)13-8/h6-7,11,16H,3-5H2,1-2H3,(H2,10,14). The van der Waals surface area contributed by atoms with Gasteiger partial charge >= 0.3 is 0 Å². The lowest BCUT2D eigenvalue weighted by molar-refractivity contribution is 0.314.